The van der Waals surface area contributed by atoms with E-state index in [-0.39, 0.29) is 6.10 Å². The highest BCUT2D eigenvalue weighted by Gasteiger charge is 2.19. The van der Waals surface area contributed by atoms with Crippen molar-refractivity contribution in [3.05, 3.63) is 18.0 Å². The molecule has 0 aromatic carbocycles. The first-order valence-corrected chi connectivity index (χ1v) is 5.95. The Hall–Kier alpha value is -1.16. The molecule has 4 heteroatoms. The highest BCUT2D eigenvalue weighted by atomic mass is 16.3. The lowest BCUT2D eigenvalue weighted by Gasteiger charge is -2.25. The zero-order valence-electron chi connectivity index (χ0n) is 9.69. The molecule has 2 atom stereocenters. The van der Waals surface area contributed by atoms with E-state index >= 15 is 0 Å². The highest BCUT2D eigenvalue weighted by molar-refractivity contribution is 5.24. The van der Waals surface area contributed by atoms with Crippen molar-refractivity contribution in [2.75, 3.05) is 11.9 Å². The van der Waals surface area contributed by atoms with Gasteiger partial charge in [-0.05, 0) is 38.2 Å². The SMILES string of the molecule is Cc1ccnc(NC[C@@H]2CCC[C@H](O)C2)n1. The third-order valence-electron chi connectivity index (χ3n) is 3.10. The molecule has 1 aromatic heterocycles. The average molecular weight is 221 g/mol. The number of aliphatic hydroxyl groups excluding tert-OH is 1. The molecule has 0 amide bonds. The first-order valence-electron chi connectivity index (χ1n) is 5.95. The molecule has 4 nitrogen and oxygen atoms in total. The molecular weight excluding hydrogens is 202 g/mol. The fourth-order valence-electron chi connectivity index (χ4n) is 2.22. The Labute approximate surface area is 96.1 Å². The molecule has 1 aliphatic carbocycles. The van der Waals surface area contributed by atoms with Gasteiger partial charge >= 0.3 is 0 Å². The predicted octanol–water partition coefficient (Wildman–Crippen LogP) is 1.75. The molecule has 1 aromatic rings. The molecule has 0 bridgehead atoms. The summed E-state index contributed by atoms with van der Waals surface area (Å²) in [6.45, 7) is 2.82. The van der Waals surface area contributed by atoms with Crippen LogP contribution in [-0.2, 0) is 0 Å². The monoisotopic (exact) mass is 221 g/mol. The van der Waals surface area contributed by atoms with E-state index in [2.05, 4.69) is 15.3 Å². The Morgan fingerprint density at radius 1 is 1.50 bits per heavy atom. The van der Waals surface area contributed by atoms with Crippen LogP contribution in [0.4, 0.5) is 5.95 Å². The maximum absolute atomic E-state index is 9.56. The highest BCUT2D eigenvalue weighted by Crippen LogP contribution is 2.24. The molecule has 1 saturated carbocycles. The summed E-state index contributed by atoms with van der Waals surface area (Å²) in [6.07, 6.45) is 5.83. The van der Waals surface area contributed by atoms with Crippen LogP contribution >= 0.6 is 0 Å². The van der Waals surface area contributed by atoms with Crippen molar-refractivity contribution in [3.63, 3.8) is 0 Å². The van der Waals surface area contributed by atoms with Gasteiger partial charge in [-0.25, -0.2) is 9.97 Å². The van der Waals surface area contributed by atoms with E-state index < -0.39 is 0 Å². The molecule has 0 radical (unpaired) electrons. The van der Waals surface area contributed by atoms with E-state index in [1.807, 2.05) is 13.0 Å². The van der Waals surface area contributed by atoms with Crippen molar-refractivity contribution in [3.8, 4) is 0 Å². The van der Waals surface area contributed by atoms with E-state index in [0.29, 0.717) is 11.9 Å². The molecule has 0 aliphatic heterocycles. The summed E-state index contributed by atoms with van der Waals surface area (Å²) in [5.41, 5.74) is 0.973. The van der Waals surface area contributed by atoms with E-state index in [1.165, 1.54) is 6.42 Å². The van der Waals surface area contributed by atoms with Crippen LogP contribution < -0.4 is 5.32 Å². The minimum atomic E-state index is -0.112. The topological polar surface area (TPSA) is 58.0 Å². The lowest BCUT2D eigenvalue weighted by Crippen LogP contribution is -2.25. The second-order valence-electron chi connectivity index (χ2n) is 4.59. The summed E-state index contributed by atoms with van der Waals surface area (Å²) < 4.78 is 0. The Morgan fingerprint density at radius 3 is 3.12 bits per heavy atom. The number of aryl methyl sites for hydroxylation is 1. The van der Waals surface area contributed by atoms with Gasteiger partial charge in [-0.3, -0.25) is 0 Å². The number of rotatable bonds is 3. The zero-order valence-corrected chi connectivity index (χ0v) is 9.69. The molecule has 2 rings (SSSR count). The fourth-order valence-corrected chi connectivity index (χ4v) is 2.22. The van der Waals surface area contributed by atoms with Crippen molar-refractivity contribution >= 4 is 5.95 Å². The molecule has 1 fully saturated rings. The number of hydrogen-bond donors (Lipinski definition) is 2. The van der Waals surface area contributed by atoms with Crippen LogP contribution in [0.1, 0.15) is 31.4 Å². The van der Waals surface area contributed by atoms with Crippen molar-refractivity contribution < 1.29 is 5.11 Å². The third kappa shape index (κ3) is 3.17. The summed E-state index contributed by atoms with van der Waals surface area (Å²) in [5.74, 6) is 1.24. The minimum absolute atomic E-state index is 0.112. The van der Waals surface area contributed by atoms with Gasteiger partial charge in [0, 0.05) is 18.4 Å². The standard InChI is InChI=1S/C12H19N3O/c1-9-5-6-13-12(15-9)14-8-10-3-2-4-11(16)7-10/h5-6,10-11,16H,2-4,7-8H2,1H3,(H,13,14,15)/t10-,11+/m1/s1. The zero-order chi connectivity index (χ0) is 11.4. The number of nitrogens with one attached hydrogen (secondary N) is 1. The van der Waals surface area contributed by atoms with Crippen molar-refractivity contribution in [1.82, 2.24) is 9.97 Å². The van der Waals surface area contributed by atoms with Crippen molar-refractivity contribution in [2.24, 2.45) is 5.92 Å². The number of anilines is 1. The minimum Gasteiger partial charge on any atom is -0.393 e. The predicted molar refractivity (Wildman–Crippen MR) is 63.2 cm³/mol. The number of aliphatic hydroxyl groups is 1. The lowest BCUT2D eigenvalue weighted by molar-refractivity contribution is 0.104. The second kappa shape index (κ2) is 5.25. The number of hydrogen-bond acceptors (Lipinski definition) is 4. The molecule has 0 unspecified atom stereocenters. The summed E-state index contributed by atoms with van der Waals surface area (Å²) in [5, 5.41) is 12.8. The van der Waals surface area contributed by atoms with E-state index in [1.54, 1.807) is 6.20 Å². The van der Waals surface area contributed by atoms with Crippen LogP contribution in [0.2, 0.25) is 0 Å². The molecule has 1 aliphatic rings. The van der Waals surface area contributed by atoms with Crippen LogP contribution in [0.15, 0.2) is 12.3 Å². The first kappa shape index (κ1) is 11.3. The Bertz CT molecular complexity index is 343. The molecule has 2 N–H and O–H groups in total. The van der Waals surface area contributed by atoms with Gasteiger partial charge in [0.25, 0.3) is 0 Å². The first-order chi connectivity index (χ1) is 7.74. The van der Waals surface area contributed by atoms with Crippen LogP contribution in [0, 0.1) is 12.8 Å². The Kier molecular flexibility index (Phi) is 3.72. The van der Waals surface area contributed by atoms with Crippen LogP contribution in [0.25, 0.3) is 0 Å². The van der Waals surface area contributed by atoms with Crippen LogP contribution in [-0.4, -0.2) is 27.7 Å². The summed E-state index contributed by atoms with van der Waals surface area (Å²) >= 11 is 0. The summed E-state index contributed by atoms with van der Waals surface area (Å²) in [4.78, 5) is 8.45. The van der Waals surface area contributed by atoms with E-state index in [4.69, 9.17) is 0 Å². The van der Waals surface area contributed by atoms with Gasteiger partial charge in [0.05, 0.1) is 6.10 Å². The largest absolute Gasteiger partial charge is 0.393 e. The van der Waals surface area contributed by atoms with Gasteiger partial charge in [-0.15, -0.1) is 0 Å². The number of nitrogens with zero attached hydrogens (tertiary/aromatic N) is 2. The maximum Gasteiger partial charge on any atom is 0.222 e. The smallest absolute Gasteiger partial charge is 0.222 e. The van der Waals surface area contributed by atoms with Crippen molar-refractivity contribution in [2.45, 2.75) is 38.7 Å². The normalized spacial score (nSPS) is 25.4. The molecule has 0 spiro atoms. The van der Waals surface area contributed by atoms with Gasteiger partial charge in [-0.1, -0.05) is 6.42 Å². The maximum atomic E-state index is 9.56. The van der Waals surface area contributed by atoms with Gasteiger partial charge in [0.2, 0.25) is 5.95 Å². The van der Waals surface area contributed by atoms with Crippen LogP contribution in [0.3, 0.4) is 0 Å². The van der Waals surface area contributed by atoms with Gasteiger partial charge in [0.15, 0.2) is 0 Å². The molecule has 16 heavy (non-hydrogen) atoms. The lowest BCUT2D eigenvalue weighted by atomic mass is 9.87. The molecule has 0 saturated heterocycles. The van der Waals surface area contributed by atoms with E-state index in [0.717, 1.165) is 31.5 Å². The fraction of sp³-hybridized carbons (Fsp3) is 0.667. The Morgan fingerprint density at radius 2 is 2.38 bits per heavy atom. The summed E-state index contributed by atoms with van der Waals surface area (Å²) in [6, 6.07) is 1.88. The molecular formula is C12H19N3O. The summed E-state index contributed by atoms with van der Waals surface area (Å²) in [7, 11) is 0. The molecule has 88 valence electrons. The molecule has 1 heterocycles. The number of aromatic nitrogens is 2. The van der Waals surface area contributed by atoms with Crippen molar-refractivity contribution in [1.29, 1.82) is 0 Å². The van der Waals surface area contributed by atoms with Crippen LogP contribution in [0.5, 0.6) is 0 Å². The van der Waals surface area contributed by atoms with Gasteiger partial charge < -0.3 is 10.4 Å². The Balaban J connectivity index is 1.82. The average Bonchev–Trinajstić information content (AvgIpc) is 2.27. The quantitative estimate of drug-likeness (QED) is 0.816. The van der Waals surface area contributed by atoms with Gasteiger partial charge in [-0.2, -0.15) is 0 Å². The third-order valence-corrected chi connectivity index (χ3v) is 3.10. The van der Waals surface area contributed by atoms with E-state index in [9.17, 15) is 5.11 Å². The second-order valence-corrected chi connectivity index (χ2v) is 4.59. The van der Waals surface area contributed by atoms with Gasteiger partial charge in [0.1, 0.15) is 0 Å².